The number of hydrogen-bond donors (Lipinski definition) is 0. The van der Waals surface area contributed by atoms with Crippen molar-refractivity contribution >= 4 is 34.8 Å². The van der Waals surface area contributed by atoms with Crippen LogP contribution in [0.25, 0.3) is 0 Å². The van der Waals surface area contributed by atoms with Gasteiger partial charge >= 0.3 is 0 Å². The molecule has 1 saturated heterocycles. The van der Waals surface area contributed by atoms with Crippen LogP contribution in [0.15, 0.2) is 0 Å². The van der Waals surface area contributed by atoms with Gasteiger partial charge in [0.2, 0.25) is 3.79 Å². The van der Waals surface area contributed by atoms with Gasteiger partial charge in [-0.2, -0.15) is 0 Å². The standard InChI is InChI=1S/C6H10Cl3N/c1-10-4-2-3-5(10)6(7,8)9/h5H,2-4H2,1H3. The molecule has 10 heavy (non-hydrogen) atoms. The van der Waals surface area contributed by atoms with Gasteiger partial charge in [0.1, 0.15) is 0 Å². The Morgan fingerprint density at radius 1 is 1.40 bits per heavy atom. The van der Waals surface area contributed by atoms with Gasteiger partial charge in [-0.15, -0.1) is 0 Å². The minimum atomic E-state index is -1.11. The lowest BCUT2D eigenvalue weighted by Crippen LogP contribution is -2.36. The third kappa shape index (κ3) is 1.91. The maximum Gasteiger partial charge on any atom is 0.205 e. The summed E-state index contributed by atoms with van der Waals surface area (Å²) in [7, 11) is 1.99. The van der Waals surface area contributed by atoms with Crippen LogP contribution < -0.4 is 0 Å². The van der Waals surface area contributed by atoms with E-state index in [4.69, 9.17) is 34.8 Å². The highest BCUT2D eigenvalue weighted by molar-refractivity contribution is 6.68. The summed E-state index contributed by atoms with van der Waals surface area (Å²) in [5.41, 5.74) is 0. The summed E-state index contributed by atoms with van der Waals surface area (Å²) in [6.45, 7) is 1.04. The smallest absolute Gasteiger partial charge is 0.205 e. The molecule has 1 rings (SSSR count). The van der Waals surface area contributed by atoms with E-state index in [9.17, 15) is 0 Å². The van der Waals surface area contributed by atoms with Crippen LogP contribution in [0.4, 0.5) is 0 Å². The Kier molecular flexibility index (Phi) is 2.73. The molecule has 60 valence electrons. The van der Waals surface area contributed by atoms with Crippen molar-refractivity contribution in [2.24, 2.45) is 0 Å². The first-order chi connectivity index (χ1) is 4.52. The average molecular weight is 203 g/mol. The van der Waals surface area contributed by atoms with E-state index in [2.05, 4.69) is 4.90 Å². The van der Waals surface area contributed by atoms with E-state index in [1.54, 1.807) is 0 Å². The van der Waals surface area contributed by atoms with Crippen molar-refractivity contribution in [2.45, 2.75) is 22.7 Å². The zero-order valence-electron chi connectivity index (χ0n) is 5.78. The van der Waals surface area contributed by atoms with Gasteiger partial charge in [-0.1, -0.05) is 34.8 Å². The molecule has 0 aliphatic carbocycles. The molecule has 1 unspecified atom stereocenters. The van der Waals surface area contributed by atoms with E-state index >= 15 is 0 Å². The lowest BCUT2D eigenvalue weighted by molar-refractivity contribution is 0.314. The molecule has 0 amide bonds. The SMILES string of the molecule is CN1CCCC1C(Cl)(Cl)Cl. The van der Waals surface area contributed by atoms with Gasteiger partial charge in [-0.3, -0.25) is 4.90 Å². The Morgan fingerprint density at radius 3 is 2.20 bits per heavy atom. The summed E-state index contributed by atoms with van der Waals surface area (Å²) < 4.78 is -1.11. The van der Waals surface area contributed by atoms with Crippen LogP contribution in [-0.2, 0) is 0 Å². The van der Waals surface area contributed by atoms with Gasteiger partial charge in [0, 0.05) is 0 Å². The first-order valence-electron chi connectivity index (χ1n) is 3.29. The molecule has 0 aromatic carbocycles. The van der Waals surface area contributed by atoms with E-state index < -0.39 is 3.79 Å². The molecule has 0 radical (unpaired) electrons. The van der Waals surface area contributed by atoms with Crippen molar-refractivity contribution in [2.75, 3.05) is 13.6 Å². The molecule has 4 heteroatoms. The summed E-state index contributed by atoms with van der Waals surface area (Å²) in [6.07, 6.45) is 2.13. The predicted octanol–water partition coefficient (Wildman–Crippen LogP) is 2.45. The fraction of sp³-hybridized carbons (Fsp3) is 1.00. The summed E-state index contributed by atoms with van der Waals surface area (Å²) in [6, 6.07) is 0.109. The highest BCUT2D eigenvalue weighted by Gasteiger charge is 2.37. The Bertz CT molecular complexity index is 121. The number of alkyl halides is 3. The second kappa shape index (κ2) is 3.06. The molecule has 0 spiro atoms. The number of hydrogen-bond acceptors (Lipinski definition) is 1. The molecule has 1 heterocycles. The van der Waals surface area contributed by atoms with Crippen LogP contribution in [0.5, 0.6) is 0 Å². The number of nitrogens with zero attached hydrogens (tertiary/aromatic N) is 1. The summed E-state index contributed by atoms with van der Waals surface area (Å²) >= 11 is 17.2. The highest BCUT2D eigenvalue weighted by atomic mass is 35.6. The minimum absolute atomic E-state index is 0.109. The van der Waals surface area contributed by atoms with E-state index in [-0.39, 0.29) is 6.04 Å². The molecule has 0 N–H and O–H groups in total. The van der Waals surface area contributed by atoms with Crippen LogP contribution in [0.3, 0.4) is 0 Å². The van der Waals surface area contributed by atoms with Crippen molar-refractivity contribution in [3.8, 4) is 0 Å². The van der Waals surface area contributed by atoms with Crippen LogP contribution in [-0.4, -0.2) is 28.3 Å². The minimum Gasteiger partial charge on any atom is -0.299 e. The van der Waals surface area contributed by atoms with Gasteiger partial charge < -0.3 is 0 Å². The van der Waals surface area contributed by atoms with Crippen molar-refractivity contribution < 1.29 is 0 Å². The van der Waals surface area contributed by atoms with Crippen molar-refractivity contribution in [1.82, 2.24) is 4.90 Å². The van der Waals surface area contributed by atoms with Crippen molar-refractivity contribution in [3.63, 3.8) is 0 Å². The average Bonchev–Trinajstić information content (AvgIpc) is 2.11. The van der Waals surface area contributed by atoms with E-state index in [0.717, 1.165) is 19.4 Å². The van der Waals surface area contributed by atoms with Crippen LogP contribution in [0, 0.1) is 0 Å². The summed E-state index contributed by atoms with van der Waals surface area (Å²) in [5, 5.41) is 0. The Hall–Kier alpha value is 0.830. The summed E-state index contributed by atoms with van der Waals surface area (Å²) in [5.74, 6) is 0. The monoisotopic (exact) mass is 201 g/mol. The molecule has 0 saturated carbocycles. The van der Waals surface area contributed by atoms with Gasteiger partial charge in [-0.25, -0.2) is 0 Å². The predicted molar refractivity (Wildman–Crippen MR) is 45.9 cm³/mol. The third-order valence-electron chi connectivity index (χ3n) is 1.90. The first kappa shape index (κ1) is 8.92. The molecule has 1 nitrogen and oxygen atoms in total. The highest BCUT2D eigenvalue weighted by Crippen LogP contribution is 2.37. The lowest BCUT2D eigenvalue weighted by Gasteiger charge is -2.25. The molecule has 0 bridgehead atoms. The summed E-state index contributed by atoms with van der Waals surface area (Å²) in [4.78, 5) is 2.09. The molecule has 1 atom stereocenters. The van der Waals surface area contributed by atoms with Crippen LogP contribution in [0.1, 0.15) is 12.8 Å². The van der Waals surface area contributed by atoms with Crippen molar-refractivity contribution in [1.29, 1.82) is 0 Å². The van der Waals surface area contributed by atoms with E-state index in [1.807, 2.05) is 7.05 Å². The van der Waals surface area contributed by atoms with Gasteiger partial charge in [0.25, 0.3) is 0 Å². The topological polar surface area (TPSA) is 3.24 Å². The molecule has 1 fully saturated rings. The zero-order valence-corrected chi connectivity index (χ0v) is 8.05. The van der Waals surface area contributed by atoms with Gasteiger partial charge in [0.15, 0.2) is 0 Å². The fourth-order valence-corrected chi connectivity index (χ4v) is 2.15. The Balaban J connectivity index is 2.55. The van der Waals surface area contributed by atoms with Crippen molar-refractivity contribution in [3.05, 3.63) is 0 Å². The molecule has 1 aliphatic heterocycles. The maximum atomic E-state index is 5.72. The number of halogens is 3. The van der Waals surface area contributed by atoms with E-state index in [0.29, 0.717) is 0 Å². The lowest BCUT2D eigenvalue weighted by atomic mass is 10.2. The Labute approximate surface area is 76.2 Å². The second-order valence-corrected chi connectivity index (χ2v) is 5.05. The Morgan fingerprint density at radius 2 is 2.00 bits per heavy atom. The van der Waals surface area contributed by atoms with Crippen LogP contribution in [0.2, 0.25) is 0 Å². The fourth-order valence-electron chi connectivity index (χ4n) is 1.32. The van der Waals surface area contributed by atoms with Gasteiger partial charge in [-0.05, 0) is 26.4 Å². The third-order valence-corrected chi connectivity index (χ3v) is 2.65. The van der Waals surface area contributed by atoms with Gasteiger partial charge in [0.05, 0.1) is 6.04 Å². The number of likely N-dealkylation sites (tertiary alicyclic amines) is 1. The molecule has 1 aliphatic rings. The van der Waals surface area contributed by atoms with Crippen LogP contribution >= 0.6 is 34.8 Å². The normalized spacial score (nSPS) is 29.4. The quantitative estimate of drug-likeness (QED) is 0.546. The largest absolute Gasteiger partial charge is 0.299 e. The van der Waals surface area contributed by atoms with E-state index in [1.165, 1.54) is 0 Å². The number of rotatable bonds is 0. The first-order valence-corrected chi connectivity index (χ1v) is 4.42. The molecule has 0 aromatic rings. The second-order valence-electron chi connectivity index (χ2n) is 2.68. The molecule has 0 aromatic heterocycles. The molecular weight excluding hydrogens is 192 g/mol. The zero-order chi connectivity index (χ0) is 7.78. The maximum absolute atomic E-state index is 5.72. The molecular formula is C6H10Cl3N.